The Balaban J connectivity index is 1.43. The Morgan fingerprint density at radius 1 is 0.968 bits per heavy atom. The zero-order valence-electron chi connectivity index (χ0n) is 16.8. The van der Waals surface area contributed by atoms with Gasteiger partial charge in [-0.1, -0.05) is 48.5 Å². The summed E-state index contributed by atoms with van der Waals surface area (Å²) in [5, 5.41) is 11.4. The van der Waals surface area contributed by atoms with Gasteiger partial charge < -0.3 is 9.73 Å². The Kier molecular flexibility index (Phi) is 4.76. The first-order valence-electron chi connectivity index (χ1n) is 9.92. The number of hydrogen-bond donors (Lipinski definition) is 1. The van der Waals surface area contributed by atoms with Gasteiger partial charge in [-0.3, -0.25) is 9.20 Å². The van der Waals surface area contributed by atoms with Gasteiger partial charge in [0.2, 0.25) is 5.89 Å². The van der Waals surface area contributed by atoms with Crippen molar-refractivity contribution in [3.8, 4) is 22.8 Å². The van der Waals surface area contributed by atoms with Crippen molar-refractivity contribution in [2.24, 2.45) is 0 Å². The first kappa shape index (κ1) is 18.7. The maximum atomic E-state index is 13.1. The van der Waals surface area contributed by atoms with E-state index in [2.05, 4.69) is 20.5 Å². The molecule has 0 spiro atoms. The second-order valence-electron chi connectivity index (χ2n) is 7.12. The zero-order valence-corrected chi connectivity index (χ0v) is 16.8. The van der Waals surface area contributed by atoms with Crippen molar-refractivity contribution >= 4 is 11.6 Å². The van der Waals surface area contributed by atoms with Gasteiger partial charge >= 0.3 is 0 Å². The highest BCUT2D eigenvalue weighted by Gasteiger charge is 2.21. The van der Waals surface area contributed by atoms with Gasteiger partial charge in [0.05, 0.1) is 17.8 Å². The van der Waals surface area contributed by atoms with Crippen LogP contribution >= 0.6 is 0 Å². The maximum Gasteiger partial charge on any atom is 0.252 e. The molecule has 1 N–H and O–H groups in total. The monoisotopic (exact) mass is 409 g/mol. The van der Waals surface area contributed by atoms with Crippen LogP contribution in [0.5, 0.6) is 0 Å². The Labute approximate surface area is 178 Å². The third-order valence-electron chi connectivity index (χ3n) is 5.04. The molecule has 0 aliphatic carbocycles. The Hall–Kier alpha value is -4.26. The molecule has 0 fully saturated rings. The number of hydrogen-bond acceptors (Lipinski definition) is 5. The Morgan fingerprint density at radius 3 is 2.61 bits per heavy atom. The Morgan fingerprint density at radius 2 is 1.74 bits per heavy atom. The van der Waals surface area contributed by atoms with E-state index < -0.39 is 0 Å². The quantitative estimate of drug-likeness (QED) is 0.461. The number of fused-ring (bicyclic) bond motifs is 1. The van der Waals surface area contributed by atoms with Crippen molar-refractivity contribution < 1.29 is 9.21 Å². The van der Waals surface area contributed by atoms with Gasteiger partial charge in [0.15, 0.2) is 17.2 Å². The number of carbonyl (C=O) groups excluding carboxylic acids is 1. The molecule has 2 aromatic carbocycles. The Bertz CT molecular complexity index is 1360. The van der Waals surface area contributed by atoms with Crippen LogP contribution in [0.4, 0.5) is 0 Å². The number of amides is 1. The molecule has 0 saturated carbocycles. The largest absolute Gasteiger partial charge is 0.436 e. The first-order chi connectivity index (χ1) is 15.2. The minimum atomic E-state index is -0.345. The molecule has 31 heavy (non-hydrogen) atoms. The molecule has 152 valence electrons. The molecule has 0 aliphatic heterocycles. The van der Waals surface area contributed by atoms with Gasteiger partial charge in [0, 0.05) is 17.3 Å². The van der Waals surface area contributed by atoms with Crippen LogP contribution in [0.1, 0.15) is 29.1 Å². The van der Waals surface area contributed by atoms with E-state index in [1.165, 1.54) is 0 Å². The van der Waals surface area contributed by atoms with Crippen molar-refractivity contribution in [3.05, 3.63) is 96.6 Å². The molecule has 1 atom stereocenters. The highest BCUT2D eigenvalue weighted by Crippen LogP contribution is 2.28. The van der Waals surface area contributed by atoms with E-state index in [-0.39, 0.29) is 11.9 Å². The van der Waals surface area contributed by atoms with E-state index in [9.17, 15) is 4.79 Å². The van der Waals surface area contributed by atoms with Crippen LogP contribution in [0.3, 0.4) is 0 Å². The summed E-state index contributed by atoms with van der Waals surface area (Å²) >= 11 is 0. The maximum absolute atomic E-state index is 13.1. The second-order valence-corrected chi connectivity index (χ2v) is 7.12. The number of nitrogens with zero attached hydrogens (tertiary/aromatic N) is 4. The van der Waals surface area contributed by atoms with Crippen LogP contribution in [-0.4, -0.2) is 25.5 Å². The van der Waals surface area contributed by atoms with E-state index in [1.54, 1.807) is 12.3 Å². The van der Waals surface area contributed by atoms with Crippen molar-refractivity contribution in [2.75, 3.05) is 0 Å². The molecule has 1 amide bonds. The summed E-state index contributed by atoms with van der Waals surface area (Å²) in [6.45, 7) is 1.88. The van der Waals surface area contributed by atoms with Gasteiger partial charge in [-0.25, -0.2) is 4.98 Å². The standard InChI is InChI=1S/C24H19N5O2/c1-16(22-28-27-21-13-7-8-14-29(21)22)26-23(30)18-11-5-6-12-19(18)24-25-15-20(31-24)17-9-3-2-4-10-17/h2-16H,1H3,(H,26,30). The summed E-state index contributed by atoms with van der Waals surface area (Å²) in [4.78, 5) is 17.5. The fourth-order valence-electron chi connectivity index (χ4n) is 3.50. The average molecular weight is 409 g/mol. The van der Waals surface area contributed by atoms with Gasteiger partial charge in [-0.05, 0) is 31.2 Å². The molecule has 0 aliphatic rings. The number of carbonyl (C=O) groups is 1. The van der Waals surface area contributed by atoms with Gasteiger partial charge in [0.25, 0.3) is 5.91 Å². The lowest BCUT2D eigenvalue weighted by Crippen LogP contribution is -2.28. The molecule has 1 unspecified atom stereocenters. The van der Waals surface area contributed by atoms with Crippen LogP contribution in [0.15, 0.2) is 89.6 Å². The van der Waals surface area contributed by atoms with Crippen molar-refractivity contribution in [2.45, 2.75) is 13.0 Å². The summed E-state index contributed by atoms with van der Waals surface area (Å²) in [6, 6.07) is 22.3. The second kappa shape index (κ2) is 7.87. The first-order valence-corrected chi connectivity index (χ1v) is 9.92. The molecule has 0 radical (unpaired) electrons. The molecule has 5 rings (SSSR count). The van der Waals surface area contributed by atoms with Crippen LogP contribution in [0, 0.1) is 0 Å². The SMILES string of the molecule is CC(NC(=O)c1ccccc1-c1ncc(-c2ccccc2)o1)c1nnc2ccccn12. The summed E-state index contributed by atoms with van der Waals surface area (Å²) < 4.78 is 7.82. The molecular formula is C24H19N5O2. The van der Waals surface area contributed by atoms with Crippen molar-refractivity contribution in [1.82, 2.24) is 24.9 Å². The van der Waals surface area contributed by atoms with E-state index in [1.807, 2.05) is 84.3 Å². The predicted octanol–water partition coefficient (Wildman–Crippen LogP) is 4.54. The number of oxazole rings is 1. The fraction of sp³-hybridized carbons (Fsp3) is 0.0833. The van der Waals surface area contributed by atoms with Crippen molar-refractivity contribution in [1.29, 1.82) is 0 Å². The number of nitrogens with one attached hydrogen (secondary N) is 1. The highest BCUT2D eigenvalue weighted by atomic mass is 16.4. The molecular weight excluding hydrogens is 390 g/mol. The van der Waals surface area contributed by atoms with E-state index in [0.717, 1.165) is 11.2 Å². The third kappa shape index (κ3) is 3.57. The summed E-state index contributed by atoms with van der Waals surface area (Å²) in [7, 11) is 0. The zero-order chi connectivity index (χ0) is 21.2. The summed E-state index contributed by atoms with van der Waals surface area (Å²) in [5.74, 6) is 1.46. The van der Waals surface area contributed by atoms with E-state index in [4.69, 9.17) is 4.42 Å². The van der Waals surface area contributed by atoms with E-state index >= 15 is 0 Å². The molecule has 0 saturated heterocycles. The molecule has 5 aromatic rings. The third-order valence-corrected chi connectivity index (χ3v) is 5.04. The fourth-order valence-corrected chi connectivity index (χ4v) is 3.50. The van der Waals surface area contributed by atoms with Gasteiger partial charge in [-0.15, -0.1) is 10.2 Å². The number of aromatic nitrogens is 4. The van der Waals surface area contributed by atoms with Crippen LogP contribution in [-0.2, 0) is 0 Å². The predicted molar refractivity (Wildman–Crippen MR) is 116 cm³/mol. The van der Waals surface area contributed by atoms with E-state index in [0.29, 0.717) is 28.6 Å². The number of benzene rings is 2. The summed E-state index contributed by atoms with van der Waals surface area (Å²) in [5.41, 5.74) is 2.76. The number of rotatable bonds is 5. The van der Waals surface area contributed by atoms with Crippen LogP contribution in [0.2, 0.25) is 0 Å². The smallest absolute Gasteiger partial charge is 0.252 e. The minimum absolute atomic E-state index is 0.241. The van der Waals surface area contributed by atoms with Crippen LogP contribution < -0.4 is 5.32 Å². The van der Waals surface area contributed by atoms with Gasteiger partial charge in [-0.2, -0.15) is 0 Å². The number of pyridine rings is 1. The molecule has 0 bridgehead atoms. The average Bonchev–Trinajstić information content (AvgIpc) is 3.47. The lowest BCUT2D eigenvalue weighted by molar-refractivity contribution is 0.0938. The van der Waals surface area contributed by atoms with Gasteiger partial charge in [0.1, 0.15) is 0 Å². The summed E-state index contributed by atoms with van der Waals surface area (Å²) in [6.07, 6.45) is 3.55. The normalized spacial score (nSPS) is 12.0. The molecule has 7 heteroatoms. The minimum Gasteiger partial charge on any atom is -0.436 e. The molecule has 3 heterocycles. The lowest BCUT2D eigenvalue weighted by atomic mass is 10.1. The molecule has 7 nitrogen and oxygen atoms in total. The van der Waals surface area contributed by atoms with Crippen LogP contribution in [0.25, 0.3) is 28.4 Å². The highest BCUT2D eigenvalue weighted by molar-refractivity contribution is 6.00. The van der Waals surface area contributed by atoms with Crippen molar-refractivity contribution in [3.63, 3.8) is 0 Å². The topological polar surface area (TPSA) is 85.3 Å². The molecule has 3 aromatic heterocycles. The lowest BCUT2D eigenvalue weighted by Gasteiger charge is -2.13.